The number of hydrogen-bond donors (Lipinski definition) is 2. The van der Waals surface area contributed by atoms with Crippen LogP contribution in [0.25, 0.3) is 0 Å². The second kappa shape index (κ2) is 7.43. The van der Waals surface area contributed by atoms with Gasteiger partial charge < -0.3 is 10.4 Å². The molecular formula is C16H25BrN2O. The SMILES string of the molecule is CC(C)CC[C@H](c1cccc(Br)c1O)N1CCNCC1. The van der Waals surface area contributed by atoms with Crippen molar-refractivity contribution in [3.05, 3.63) is 28.2 Å². The Labute approximate surface area is 130 Å². The highest BCUT2D eigenvalue weighted by atomic mass is 79.9. The van der Waals surface area contributed by atoms with Crippen molar-refractivity contribution in [3.8, 4) is 5.75 Å². The van der Waals surface area contributed by atoms with Gasteiger partial charge >= 0.3 is 0 Å². The molecular weight excluding hydrogens is 316 g/mol. The quantitative estimate of drug-likeness (QED) is 0.860. The van der Waals surface area contributed by atoms with Crippen molar-refractivity contribution in [1.29, 1.82) is 0 Å². The average molecular weight is 341 g/mol. The van der Waals surface area contributed by atoms with E-state index in [0.717, 1.165) is 42.6 Å². The van der Waals surface area contributed by atoms with E-state index in [9.17, 15) is 5.11 Å². The third-order valence-electron chi connectivity index (χ3n) is 3.99. The lowest BCUT2D eigenvalue weighted by Crippen LogP contribution is -2.45. The fourth-order valence-electron chi connectivity index (χ4n) is 2.82. The van der Waals surface area contributed by atoms with Gasteiger partial charge in [0, 0.05) is 37.8 Å². The highest BCUT2D eigenvalue weighted by Gasteiger charge is 2.25. The third-order valence-corrected chi connectivity index (χ3v) is 4.63. The number of nitrogens with one attached hydrogen (secondary N) is 1. The van der Waals surface area contributed by atoms with Crippen molar-refractivity contribution in [2.75, 3.05) is 26.2 Å². The summed E-state index contributed by atoms with van der Waals surface area (Å²) in [6.07, 6.45) is 2.28. The summed E-state index contributed by atoms with van der Waals surface area (Å²) < 4.78 is 0.791. The summed E-state index contributed by atoms with van der Waals surface area (Å²) in [4.78, 5) is 2.50. The van der Waals surface area contributed by atoms with Gasteiger partial charge in [-0.25, -0.2) is 0 Å². The van der Waals surface area contributed by atoms with E-state index in [1.165, 1.54) is 6.42 Å². The van der Waals surface area contributed by atoms with Crippen molar-refractivity contribution in [1.82, 2.24) is 10.2 Å². The van der Waals surface area contributed by atoms with E-state index in [0.29, 0.717) is 17.7 Å². The fraction of sp³-hybridized carbons (Fsp3) is 0.625. The molecule has 112 valence electrons. The molecule has 2 rings (SSSR count). The monoisotopic (exact) mass is 340 g/mol. The second-order valence-corrected chi connectivity index (χ2v) is 6.80. The second-order valence-electron chi connectivity index (χ2n) is 5.95. The van der Waals surface area contributed by atoms with Crippen molar-refractivity contribution in [2.24, 2.45) is 5.92 Å². The van der Waals surface area contributed by atoms with Gasteiger partial charge in [0.05, 0.1) is 4.47 Å². The molecule has 0 aromatic heterocycles. The van der Waals surface area contributed by atoms with Gasteiger partial charge in [-0.1, -0.05) is 26.0 Å². The van der Waals surface area contributed by atoms with Gasteiger partial charge in [-0.05, 0) is 40.8 Å². The summed E-state index contributed by atoms with van der Waals surface area (Å²) in [6, 6.07) is 6.30. The summed E-state index contributed by atoms with van der Waals surface area (Å²) in [5, 5.41) is 13.8. The van der Waals surface area contributed by atoms with E-state index in [-0.39, 0.29) is 0 Å². The topological polar surface area (TPSA) is 35.5 Å². The third kappa shape index (κ3) is 3.96. The highest BCUT2D eigenvalue weighted by molar-refractivity contribution is 9.10. The molecule has 1 aliphatic heterocycles. The van der Waals surface area contributed by atoms with Gasteiger partial charge in [-0.15, -0.1) is 0 Å². The lowest BCUT2D eigenvalue weighted by molar-refractivity contribution is 0.157. The molecule has 0 unspecified atom stereocenters. The smallest absolute Gasteiger partial charge is 0.134 e. The summed E-state index contributed by atoms with van der Waals surface area (Å²) in [5.41, 5.74) is 1.06. The standard InChI is InChI=1S/C16H25BrN2O/c1-12(2)6-7-15(19-10-8-18-9-11-19)13-4-3-5-14(17)16(13)20/h3-5,12,15,18,20H,6-11H2,1-2H3/t15-/m1/s1. The number of para-hydroxylation sites is 1. The Bertz CT molecular complexity index is 430. The summed E-state index contributed by atoms with van der Waals surface area (Å²) in [7, 11) is 0. The number of halogens is 1. The van der Waals surface area contributed by atoms with E-state index in [1.807, 2.05) is 12.1 Å². The highest BCUT2D eigenvalue weighted by Crippen LogP contribution is 2.37. The van der Waals surface area contributed by atoms with Gasteiger partial charge in [0.1, 0.15) is 5.75 Å². The molecule has 0 amide bonds. The maximum Gasteiger partial charge on any atom is 0.134 e. The van der Waals surface area contributed by atoms with Gasteiger partial charge in [0.2, 0.25) is 0 Å². The largest absolute Gasteiger partial charge is 0.506 e. The molecule has 0 spiro atoms. The van der Waals surface area contributed by atoms with Gasteiger partial charge in [-0.3, -0.25) is 4.90 Å². The fourth-order valence-corrected chi connectivity index (χ4v) is 3.20. The maximum absolute atomic E-state index is 10.4. The lowest BCUT2D eigenvalue weighted by Gasteiger charge is -2.36. The van der Waals surface area contributed by atoms with Crippen LogP contribution in [0.4, 0.5) is 0 Å². The molecule has 1 aromatic rings. The number of nitrogens with zero attached hydrogens (tertiary/aromatic N) is 1. The zero-order chi connectivity index (χ0) is 14.5. The summed E-state index contributed by atoms with van der Waals surface area (Å²) >= 11 is 3.44. The minimum Gasteiger partial charge on any atom is -0.506 e. The molecule has 1 heterocycles. The zero-order valence-corrected chi connectivity index (χ0v) is 14.0. The molecule has 20 heavy (non-hydrogen) atoms. The number of benzene rings is 1. The zero-order valence-electron chi connectivity index (χ0n) is 12.4. The van der Waals surface area contributed by atoms with Crippen LogP contribution in [0, 0.1) is 5.92 Å². The van der Waals surface area contributed by atoms with Crippen LogP contribution in [0.5, 0.6) is 5.75 Å². The van der Waals surface area contributed by atoms with E-state index in [2.05, 4.69) is 46.1 Å². The number of aromatic hydroxyl groups is 1. The van der Waals surface area contributed by atoms with E-state index in [4.69, 9.17) is 0 Å². The minimum atomic E-state index is 0.317. The molecule has 0 saturated carbocycles. The Kier molecular flexibility index (Phi) is 5.87. The Morgan fingerprint density at radius 3 is 2.60 bits per heavy atom. The number of phenolic OH excluding ortho intramolecular Hbond substituents is 1. The van der Waals surface area contributed by atoms with Gasteiger partial charge in [0.25, 0.3) is 0 Å². The maximum atomic E-state index is 10.4. The van der Waals surface area contributed by atoms with Crippen molar-refractivity contribution >= 4 is 15.9 Å². The van der Waals surface area contributed by atoms with Crippen LogP contribution in [0.15, 0.2) is 22.7 Å². The normalized spacial score (nSPS) is 18.4. The Balaban J connectivity index is 2.22. The first kappa shape index (κ1) is 15.8. The van der Waals surface area contributed by atoms with Crippen molar-refractivity contribution < 1.29 is 5.11 Å². The first-order valence-electron chi connectivity index (χ1n) is 7.51. The molecule has 0 radical (unpaired) electrons. The summed E-state index contributed by atoms with van der Waals surface area (Å²) in [6.45, 7) is 8.69. The predicted molar refractivity (Wildman–Crippen MR) is 87.1 cm³/mol. The number of rotatable bonds is 5. The van der Waals surface area contributed by atoms with Crippen LogP contribution >= 0.6 is 15.9 Å². The molecule has 1 saturated heterocycles. The van der Waals surface area contributed by atoms with Crippen LogP contribution in [0.1, 0.15) is 38.3 Å². The molecule has 2 N–H and O–H groups in total. The minimum absolute atomic E-state index is 0.317. The van der Waals surface area contributed by atoms with Crippen LogP contribution < -0.4 is 5.32 Å². The lowest BCUT2D eigenvalue weighted by atomic mass is 9.95. The molecule has 0 bridgehead atoms. The van der Waals surface area contributed by atoms with E-state index < -0.39 is 0 Å². The molecule has 1 aliphatic rings. The van der Waals surface area contributed by atoms with Crippen molar-refractivity contribution in [2.45, 2.75) is 32.7 Å². The first-order valence-corrected chi connectivity index (χ1v) is 8.31. The van der Waals surface area contributed by atoms with Crippen LogP contribution in [0.2, 0.25) is 0 Å². The summed E-state index contributed by atoms with van der Waals surface area (Å²) in [5.74, 6) is 1.09. The van der Waals surface area contributed by atoms with Crippen LogP contribution in [-0.2, 0) is 0 Å². The van der Waals surface area contributed by atoms with Gasteiger partial charge in [-0.2, -0.15) is 0 Å². The Morgan fingerprint density at radius 2 is 1.95 bits per heavy atom. The molecule has 1 aromatic carbocycles. The first-order chi connectivity index (χ1) is 9.59. The molecule has 4 heteroatoms. The Hall–Kier alpha value is -0.580. The Morgan fingerprint density at radius 1 is 1.25 bits per heavy atom. The molecule has 1 fully saturated rings. The predicted octanol–water partition coefficient (Wildman–Crippen LogP) is 3.54. The number of piperazine rings is 1. The van der Waals surface area contributed by atoms with Crippen molar-refractivity contribution in [3.63, 3.8) is 0 Å². The molecule has 0 aliphatic carbocycles. The molecule has 3 nitrogen and oxygen atoms in total. The number of hydrogen-bond acceptors (Lipinski definition) is 3. The molecule has 1 atom stereocenters. The van der Waals surface area contributed by atoms with Gasteiger partial charge in [0.15, 0.2) is 0 Å². The van der Waals surface area contributed by atoms with Crippen LogP contribution in [-0.4, -0.2) is 36.2 Å². The van der Waals surface area contributed by atoms with E-state index >= 15 is 0 Å². The average Bonchev–Trinajstić information content (AvgIpc) is 2.44. The van der Waals surface area contributed by atoms with E-state index in [1.54, 1.807) is 0 Å². The number of phenols is 1. The van der Waals surface area contributed by atoms with Crippen LogP contribution in [0.3, 0.4) is 0 Å².